The first-order valence-corrected chi connectivity index (χ1v) is 6.94. The third-order valence-corrected chi connectivity index (χ3v) is 3.69. The number of aryl methyl sites for hydroxylation is 1. The minimum Gasteiger partial charge on any atom is -0.503 e. The zero-order valence-electron chi connectivity index (χ0n) is 12.3. The second-order valence-corrected chi connectivity index (χ2v) is 5.12. The molecule has 0 saturated carbocycles. The standard InChI is InChI=1S/C15H11F4N3O2/c1-2-8-9-12(23)13(24)11(20-14(9)22-21-8)6-4-3-5-7(10(6)16)15(17,18)19/h3-5,24H,2H2,1H3,(H2,20,21,22,23). The van der Waals surface area contributed by atoms with Gasteiger partial charge in [-0.2, -0.15) is 18.3 Å². The fourth-order valence-electron chi connectivity index (χ4n) is 2.52. The summed E-state index contributed by atoms with van der Waals surface area (Å²) in [6.07, 6.45) is -4.47. The molecule has 0 aliphatic carbocycles. The second kappa shape index (κ2) is 5.36. The molecule has 126 valence electrons. The van der Waals surface area contributed by atoms with Crippen molar-refractivity contribution in [1.29, 1.82) is 0 Å². The van der Waals surface area contributed by atoms with Crippen LogP contribution in [-0.4, -0.2) is 20.3 Å². The summed E-state index contributed by atoms with van der Waals surface area (Å²) in [6, 6.07) is 2.61. The molecule has 0 saturated heterocycles. The highest BCUT2D eigenvalue weighted by atomic mass is 19.4. The monoisotopic (exact) mass is 341 g/mol. The van der Waals surface area contributed by atoms with Gasteiger partial charge in [0.25, 0.3) is 0 Å². The lowest BCUT2D eigenvalue weighted by molar-refractivity contribution is -0.139. The Kier molecular flexibility index (Phi) is 3.58. The van der Waals surface area contributed by atoms with Gasteiger partial charge in [0.05, 0.1) is 16.6 Å². The molecular formula is C15H11F4N3O2. The van der Waals surface area contributed by atoms with Crippen LogP contribution in [0.5, 0.6) is 5.75 Å². The van der Waals surface area contributed by atoms with Crippen molar-refractivity contribution < 1.29 is 22.7 Å². The highest BCUT2D eigenvalue weighted by Crippen LogP contribution is 2.37. The van der Waals surface area contributed by atoms with E-state index in [9.17, 15) is 27.5 Å². The molecule has 0 atom stereocenters. The molecule has 5 nitrogen and oxygen atoms in total. The van der Waals surface area contributed by atoms with Crippen molar-refractivity contribution in [1.82, 2.24) is 15.2 Å². The van der Waals surface area contributed by atoms with E-state index in [1.165, 1.54) is 0 Å². The number of aromatic amines is 2. The third-order valence-electron chi connectivity index (χ3n) is 3.69. The lowest BCUT2D eigenvalue weighted by Gasteiger charge is -2.12. The summed E-state index contributed by atoms with van der Waals surface area (Å²) in [5.74, 6) is -2.45. The number of pyridine rings is 1. The van der Waals surface area contributed by atoms with Crippen LogP contribution in [0.25, 0.3) is 22.3 Å². The molecule has 3 N–H and O–H groups in total. The van der Waals surface area contributed by atoms with E-state index in [1.807, 2.05) is 0 Å². The molecule has 0 unspecified atom stereocenters. The van der Waals surface area contributed by atoms with Gasteiger partial charge in [-0.1, -0.05) is 13.0 Å². The SMILES string of the molecule is CCc1[nH]nc2[nH]c(-c3cccc(C(F)(F)F)c3F)c(O)c(=O)c12. The summed E-state index contributed by atoms with van der Waals surface area (Å²) in [4.78, 5) is 14.8. The van der Waals surface area contributed by atoms with Gasteiger partial charge in [0, 0.05) is 11.3 Å². The largest absolute Gasteiger partial charge is 0.503 e. The molecule has 0 aliphatic rings. The third kappa shape index (κ3) is 2.32. The van der Waals surface area contributed by atoms with Gasteiger partial charge >= 0.3 is 6.18 Å². The first-order chi connectivity index (χ1) is 11.3. The smallest absolute Gasteiger partial charge is 0.419 e. The molecular weight excluding hydrogens is 330 g/mol. The van der Waals surface area contributed by atoms with Gasteiger partial charge in [-0.05, 0) is 18.6 Å². The Hall–Kier alpha value is -2.84. The Morgan fingerprint density at radius 1 is 1.29 bits per heavy atom. The summed E-state index contributed by atoms with van der Waals surface area (Å²) >= 11 is 0. The maximum absolute atomic E-state index is 14.3. The predicted molar refractivity (Wildman–Crippen MR) is 78.2 cm³/mol. The van der Waals surface area contributed by atoms with E-state index < -0.39 is 40.0 Å². The number of halogens is 4. The normalized spacial score (nSPS) is 12.0. The van der Waals surface area contributed by atoms with Crippen molar-refractivity contribution in [2.75, 3.05) is 0 Å². The first kappa shape index (κ1) is 16.0. The van der Waals surface area contributed by atoms with Gasteiger partial charge in [0.2, 0.25) is 5.43 Å². The quantitative estimate of drug-likeness (QED) is 0.625. The van der Waals surface area contributed by atoms with Crippen LogP contribution in [0.3, 0.4) is 0 Å². The maximum Gasteiger partial charge on any atom is 0.419 e. The average molecular weight is 341 g/mol. The van der Waals surface area contributed by atoms with Crippen molar-refractivity contribution in [2.45, 2.75) is 19.5 Å². The fourth-order valence-corrected chi connectivity index (χ4v) is 2.52. The van der Waals surface area contributed by atoms with Crippen LogP contribution >= 0.6 is 0 Å². The number of aromatic hydroxyl groups is 1. The molecule has 2 heterocycles. The van der Waals surface area contributed by atoms with Crippen molar-refractivity contribution in [2.24, 2.45) is 0 Å². The van der Waals surface area contributed by atoms with Crippen molar-refractivity contribution in [3.63, 3.8) is 0 Å². The summed E-state index contributed by atoms with van der Waals surface area (Å²) in [5, 5.41) is 16.6. The Bertz CT molecular complexity index is 989. The summed E-state index contributed by atoms with van der Waals surface area (Å²) in [5.41, 5.74) is -2.86. The molecule has 1 aromatic carbocycles. The lowest BCUT2D eigenvalue weighted by atomic mass is 10.0. The predicted octanol–water partition coefficient (Wildman–Crippen LogP) is 3.34. The van der Waals surface area contributed by atoms with Crippen LogP contribution in [-0.2, 0) is 12.6 Å². The van der Waals surface area contributed by atoms with Crippen LogP contribution in [0.2, 0.25) is 0 Å². The number of H-pyrrole nitrogens is 2. The lowest BCUT2D eigenvalue weighted by Crippen LogP contribution is -2.10. The van der Waals surface area contributed by atoms with Gasteiger partial charge < -0.3 is 10.1 Å². The Labute approximate surface area is 131 Å². The Morgan fingerprint density at radius 2 is 2.00 bits per heavy atom. The van der Waals surface area contributed by atoms with E-state index in [1.54, 1.807) is 6.92 Å². The topological polar surface area (TPSA) is 81.8 Å². The van der Waals surface area contributed by atoms with Crippen molar-refractivity contribution in [3.05, 3.63) is 45.5 Å². The van der Waals surface area contributed by atoms with Crippen LogP contribution in [0.15, 0.2) is 23.0 Å². The van der Waals surface area contributed by atoms with Crippen LogP contribution in [0.1, 0.15) is 18.2 Å². The molecule has 3 rings (SSSR count). The molecule has 0 radical (unpaired) electrons. The zero-order valence-corrected chi connectivity index (χ0v) is 12.3. The minimum absolute atomic E-state index is 0.0291. The number of fused-ring (bicyclic) bond motifs is 1. The molecule has 0 bridgehead atoms. The second-order valence-electron chi connectivity index (χ2n) is 5.12. The molecule has 24 heavy (non-hydrogen) atoms. The average Bonchev–Trinajstić information content (AvgIpc) is 2.93. The number of hydrogen-bond acceptors (Lipinski definition) is 3. The van der Waals surface area contributed by atoms with Gasteiger partial charge in [0.15, 0.2) is 11.4 Å². The highest BCUT2D eigenvalue weighted by Gasteiger charge is 2.35. The number of benzene rings is 1. The van der Waals surface area contributed by atoms with E-state index in [4.69, 9.17) is 0 Å². The van der Waals surface area contributed by atoms with Crippen molar-refractivity contribution >= 4 is 11.0 Å². The number of rotatable bonds is 2. The van der Waals surface area contributed by atoms with E-state index >= 15 is 0 Å². The van der Waals surface area contributed by atoms with Crippen LogP contribution < -0.4 is 5.43 Å². The van der Waals surface area contributed by atoms with Crippen LogP contribution in [0, 0.1) is 5.82 Å². The number of hydrogen-bond donors (Lipinski definition) is 3. The molecule has 0 spiro atoms. The molecule has 2 aromatic heterocycles. The van der Waals surface area contributed by atoms with E-state index in [2.05, 4.69) is 15.2 Å². The number of alkyl halides is 3. The highest BCUT2D eigenvalue weighted by molar-refractivity contribution is 5.84. The van der Waals surface area contributed by atoms with E-state index in [0.717, 1.165) is 12.1 Å². The number of nitrogens with zero attached hydrogens (tertiary/aromatic N) is 1. The number of nitrogens with one attached hydrogen (secondary N) is 2. The summed E-state index contributed by atoms with van der Waals surface area (Å²) in [7, 11) is 0. The Balaban J connectivity index is 2.32. The van der Waals surface area contributed by atoms with Crippen molar-refractivity contribution in [3.8, 4) is 17.0 Å². The van der Waals surface area contributed by atoms with Crippen LogP contribution in [0.4, 0.5) is 17.6 Å². The fraction of sp³-hybridized carbons (Fsp3) is 0.200. The van der Waals surface area contributed by atoms with Gasteiger partial charge in [-0.25, -0.2) is 4.39 Å². The first-order valence-electron chi connectivity index (χ1n) is 6.94. The van der Waals surface area contributed by atoms with Gasteiger partial charge in [0.1, 0.15) is 5.82 Å². The van der Waals surface area contributed by atoms with E-state index in [0.29, 0.717) is 18.2 Å². The zero-order chi connectivity index (χ0) is 17.6. The minimum atomic E-state index is -4.90. The molecule has 0 amide bonds. The molecule has 9 heteroatoms. The van der Waals surface area contributed by atoms with Gasteiger partial charge in [-0.3, -0.25) is 9.89 Å². The maximum atomic E-state index is 14.3. The molecule has 0 fully saturated rings. The van der Waals surface area contributed by atoms with Gasteiger partial charge in [-0.15, -0.1) is 0 Å². The Morgan fingerprint density at radius 3 is 2.62 bits per heavy atom. The molecule has 3 aromatic rings. The number of aromatic nitrogens is 3. The molecule has 0 aliphatic heterocycles. The van der Waals surface area contributed by atoms with E-state index in [-0.39, 0.29) is 11.0 Å². The summed E-state index contributed by atoms with van der Waals surface area (Å²) in [6.45, 7) is 1.75. The summed E-state index contributed by atoms with van der Waals surface area (Å²) < 4.78 is 52.8.